The number of nitrogens with one attached hydrogen (secondary N) is 3. The standard InChI is InChI=1S/C31H57BN6O6/c1-8-10-12-21(9-2)14-15-27(39)35-23(13-11-16-34-29(33)37-38(41)42)28(40)36-26(17-20(3)4)32-43-25-19-22-18-24(30(22,5)6)31(25,7)44-32/h20-26H,8-19H2,1-7H3,(H,35,39)(H,36,40)(H3,33,34,37)/t21?,22-,23-,24-,25+,26-,31-/m0/s1. The third-order valence-electron chi connectivity index (χ3n) is 10.5. The maximum atomic E-state index is 13.8. The molecule has 0 aromatic heterocycles. The number of nitrogens with two attached hydrogens (primary N) is 1. The second-order valence-electron chi connectivity index (χ2n) is 14.4. The second-order valence-corrected chi connectivity index (χ2v) is 14.4. The van der Waals surface area contributed by atoms with Crippen LogP contribution >= 0.6 is 0 Å². The molecule has 2 amide bonds. The van der Waals surface area contributed by atoms with Crippen molar-refractivity contribution in [1.82, 2.24) is 16.1 Å². The van der Waals surface area contributed by atoms with Gasteiger partial charge in [-0.15, -0.1) is 0 Å². The van der Waals surface area contributed by atoms with Crippen molar-refractivity contribution in [3.05, 3.63) is 10.1 Å². The van der Waals surface area contributed by atoms with Crippen molar-refractivity contribution in [1.29, 1.82) is 0 Å². The molecule has 5 N–H and O–H groups in total. The molecule has 250 valence electrons. The molecule has 4 aliphatic rings. The van der Waals surface area contributed by atoms with E-state index >= 15 is 0 Å². The average Bonchev–Trinajstić information content (AvgIpc) is 3.31. The first-order valence-corrected chi connectivity index (χ1v) is 16.8. The lowest BCUT2D eigenvalue weighted by atomic mass is 9.43. The summed E-state index contributed by atoms with van der Waals surface area (Å²) in [5.74, 6) is 0.661. The summed E-state index contributed by atoms with van der Waals surface area (Å²) in [7, 11) is -0.565. The highest BCUT2D eigenvalue weighted by atomic mass is 16.7. The second kappa shape index (κ2) is 15.7. The van der Waals surface area contributed by atoms with Gasteiger partial charge in [0.2, 0.25) is 11.8 Å². The number of nitrogens with zero attached hydrogens (tertiary/aromatic N) is 2. The van der Waals surface area contributed by atoms with Crippen molar-refractivity contribution in [3.8, 4) is 0 Å². The lowest BCUT2D eigenvalue weighted by Gasteiger charge is -2.64. The van der Waals surface area contributed by atoms with E-state index < -0.39 is 18.2 Å². The molecule has 1 saturated heterocycles. The molecule has 4 rings (SSSR count). The maximum Gasteiger partial charge on any atom is 0.481 e. The SMILES string of the molecule is CCCCC(CC)CCC(=O)N[C@@H](CCCN=C(N)N[N+](=O)[O-])C(=O)N[C@@H](CC(C)C)B1O[C@@H]2C[C@@H]3C[C@@H](C3(C)C)[C@]2(C)O1. The lowest BCUT2D eigenvalue weighted by molar-refractivity contribution is -0.525. The molecular formula is C31H57BN6O6. The molecule has 0 radical (unpaired) electrons. The van der Waals surface area contributed by atoms with E-state index in [0.717, 1.165) is 44.9 Å². The summed E-state index contributed by atoms with van der Waals surface area (Å²) >= 11 is 0. The number of carbonyl (C=O) groups is 2. The van der Waals surface area contributed by atoms with E-state index in [9.17, 15) is 19.7 Å². The predicted molar refractivity (Wildman–Crippen MR) is 172 cm³/mol. The normalized spacial score (nSPS) is 27.6. The van der Waals surface area contributed by atoms with Crippen molar-refractivity contribution in [3.63, 3.8) is 0 Å². The Morgan fingerprint density at radius 2 is 1.84 bits per heavy atom. The molecule has 0 spiro atoms. The number of nitro groups is 1. The van der Waals surface area contributed by atoms with Crippen LogP contribution in [0.2, 0.25) is 0 Å². The van der Waals surface area contributed by atoms with E-state index in [2.05, 4.69) is 64.1 Å². The summed E-state index contributed by atoms with van der Waals surface area (Å²) < 4.78 is 13.2. The third-order valence-corrected chi connectivity index (χ3v) is 10.5. The van der Waals surface area contributed by atoms with Gasteiger partial charge in [0.1, 0.15) is 6.04 Å². The monoisotopic (exact) mass is 620 g/mol. The van der Waals surface area contributed by atoms with Crippen molar-refractivity contribution >= 4 is 24.9 Å². The zero-order valence-electron chi connectivity index (χ0n) is 28.0. The first kappa shape index (κ1) is 36.1. The first-order valence-electron chi connectivity index (χ1n) is 16.8. The van der Waals surface area contributed by atoms with Crippen LogP contribution < -0.4 is 21.8 Å². The molecule has 1 heterocycles. The van der Waals surface area contributed by atoms with Crippen molar-refractivity contribution in [2.24, 2.45) is 39.8 Å². The Hall–Kier alpha value is -2.41. The van der Waals surface area contributed by atoms with E-state index in [1.54, 1.807) is 0 Å². The molecule has 0 aromatic rings. The number of amides is 2. The van der Waals surface area contributed by atoms with Crippen LogP contribution in [0, 0.1) is 39.2 Å². The summed E-state index contributed by atoms with van der Waals surface area (Å²) in [6, 6.07) is -0.793. The zero-order chi connectivity index (χ0) is 32.7. The van der Waals surface area contributed by atoms with E-state index in [1.807, 2.05) is 5.43 Å². The van der Waals surface area contributed by atoms with Crippen LogP contribution in [0.1, 0.15) is 119 Å². The minimum Gasteiger partial charge on any atom is -0.404 e. The molecule has 7 atom stereocenters. The van der Waals surface area contributed by atoms with Crippen molar-refractivity contribution in [2.75, 3.05) is 6.54 Å². The van der Waals surface area contributed by atoms with Gasteiger partial charge in [0.05, 0.1) is 17.6 Å². The van der Waals surface area contributed by atoms with Crippen LogP contribution in [0.25, 0.3) is 0 Å². The fourth-order valence-corrected chi connectivity index (χ4v) is 7.64. The van der Waals surface area contributed by atoms with Gasteiger partial charge in [-0.1, -0.05) is 72.7 Å². The van der Waals surface area contributed by atoms with Crippen LogP contribution in [-0.2, 0) is 18.9 Å². The highest BCUT2D eigenvalue weighted by Gasteiger charge is 2.68. The minimum absolute atomic E-state index is 0.00153. The molecule has 44 heavy (non-hydrogen) atoms. The first-order chi connectivity index (χ1) is 20.7. The molecule has 1 unspecified atom stereocenters. The Morgan fingerprint density at radius 3 is 2.45 bits per heavy atom. The maximum absolute atomic E-state index is 13.8. The molecule has 2 bridgehead atoms. The fourth-order valence-electron chi connectivity index (χ4n) is 7.64. The largest absolute Gasteiger partial charge is 0.481 e. The Morgan fingerprint density at radius 1 is 1.11 bits per heavy atom. The fraction of sp³-hybridized carbons (Fsp3) is 0.903. The van der Waals surface area contributed by atoms with E-state index in [0.29, 0.717) is 43.4 Å². The molecule has 3 aliphatic carbocycles. The van der Waals surface area contributed by atoms with Gasteiger partial charge in [-0.05, 0) is 74.5 Å². The smallest absolute Gasteiger partial charge is 0.404 e. The Bertz CT molecular complexity index is 1030. The van der Waals surface area contributed by atoms with Crippen LogP contribution in [0.4, 0.5) is 0 Å². The predicted octanol–water partition coefficient (Wildman–Crippen LogP) is 4.14. The summed E-state index contributed by atoms with van der Waals surface area (Å²) in [4.78, 5) is 41.5. The summed E-state index contributed by atoms with van der Waals surface area (Å²) in [6.45, 7) is 15.5. The van der Waals surface area contributed by atoms with Gasteiger partial charge >= 0.3 is 7.12 Å². The summed E-state index contributed by atoms with van der Waals surface area (Å²) in [5.41, 5.74) is 7.18. The summed E-state index contributed by atoms with van der Waals surface area (Å²) in [6.07, 6.45) is 8.99. The Balaban J connectivity index is 1.68. The van der Waals surface area contributed by atoms with E-state index in [1.165, 1.54) is 0 Å². The van der Waals surface area contributed by atoms with E-state index in [4.69, 9.17) is 15.0 Å². The van der Waals surface area contributed by atoms with Gasteiger partial charge in [0.25, 0.3) is 5.96 Å². The van der Waals surface area contributed by atoms with Gasteiger partial charge in [-0.3, -0.25) is 9.59 Å². The molecule has 1 aliphatic heterocycles. The number of rotatable bonds is 18. The number of carbonyl (C=O) groups excluding carboxylic acids is 2. The van der Waals surface area contributed by atoms with E-state index in [-0.39, 0.29) is 53.3 Å². The third kappa shape index (κ3) is 9.08. The van der Waals surface area contributed by atoms with Crippen molar-refractivity contribution < 1.29 is 23.9 Å². The van der Waals surface area contributed by atoms with Crippen LogP contribution in [-0.4, -0.2) is 60.2 Å². The van der Waals surface area contributed by atoms with Crippen molar-refractivity contribution in [2.45, 2.75) is 143 Å². The van der Waals surface area contributed by atoms with Crippen LogP contribution in [0.5, 0.6) is 0 Å². The van der Waals surface area contributed by atoms with Gasteiger partial charge in [-0.25, -0.2) is 15.1 Å². The minimum atomic E-state index is -0.793. The molecular weight excluding hydrogens is 563 g/mol. The highest BCUT2D eigenvalue weighted by Crippen LogP contribution is 2.65. The number of hydrazine groups is 1. The average molecular weight is 621 g/mol. The number of guanidine groups is 1. The Kier molecular flexibility index (Phi) is 12.9. The summed E-state index contributed by atoms with van der Waals surface area (Å²) in [5, 5.41) is 16.0. The number of aliphatic imine (C=N–C) groups is 1. The number of hydrogen-bond donors (Lipinski definition) is 4. The molecule has 3 saturated carbocycles. The topological polar surface area (TPSA) is 170 Å². The zero-order valence-corrected chi connectivity index (χ0v) is 28.0. The van der Waals surface area contributed by atoms with Gasteiger partial charge in [-0.2, -0.15) is 0 Å². The van der Waals surface area contributed by atoms with Gasteiger partial charge < -0.3 is 25.7 Å². The van der Waals surface area contributed by atoms with Gasteiger partial charge in [0.15, 0.2) is 5.03 Å². The molecule has 4 fully saturated rings. The van der Waals surface area contributed by atoms with Crippen LogP contribution in [0.3, 0.4) is 0 Å². The lowest BCUT2D eigenvalue weighted by Crippen LogP contribution is -2.65. The molecule has 12 nitrogen and oxygen atoms in total. The molecule has 0 aromatic carbocycles. The highest BCUT2D eigenvalue weighted by molar-refractivity contribution is 6.48. The number of unbranched alkanes of at least 4 members (excludes halogenated alkanes) is 1. The Labute approximate surface area is 264 Å². The quantitative estimate of drug-likeness (QED) is 0.0442. The van der Waals surface area contributed by atoms with Gasteiger partial charge in [0, 0.05) is 13.0 Å². The molecule has 13 heteroatoms. The number of hydrogen-bond acceptors (Lipinski definition) is 7. The van der Waals surface area contributed by atoms with Crippen LogP contribution in [0.15, 0.2) is 4.99 Å².